The molecule has 1 aliphatic heterocycles. The summed E-state index contributed by atoms with van der Waals surface area (Å²) in [6, 6.07) is 8.29. The number of rotatable bonds is 3. The lowest BCUT2D eigenvalue weighted by Gasteiger charge is -2.03. The highest BCUT2D eigenvalue weighted by Gasteiger charge is 2.06. The van der Waals surface area contributed by atoms with Crippen molar-refractivity contribution in [2.45, 2.75) is 6.42 Å². The number of nitrogens with one attached hydrogen (secondary N) is 2. The fourth-order valence-electron chi connectivity index (χ4n) is 1.56. The molecule has 0 spiro atoms. The van der Waals surface area contributed by atoms with Gasteiger partial charge < -0.3 is 5.32 Å². The molecule has 0 saturated heterocycles. The highest BCUT2D eigenvalue weighted by atomic mass is 15.1. The molecule has 0 atom stereocenters. The predicted octanol–water partition coefficient (Wildman–Crippen LogP) is 0.862. The Balaban J connectivity index is 2.13. The molecule has 0 saturated carbocycles. The fraction of sp³-hybridized carbons (Fsp3) is 0.364. The van der Waals surface area contributed by atoms with E-state index in [4.69, 9.17) is 5.73 Å². The number of hydrogen-bond donors (Lipinski definition) is 1. The Morgan fingerprint density at radius 2 is 2.07 bits per heavy atom. The van der Waals surface area contributed by atoms with Crippen molar-refractivity contribution in [3.63, 3.8) is 0 Å². The largest absolute Gasteiger partial charge is 0.368 e. The summed E-state index contributed by atoms with van der Waals surface area (Å²) in [7, 11) is 0. The van der Waals surface area contributed by atoms with Gasteiger partial charge in [0.1, 0.15) is 5.84 Å². The van der Waals surface area contributed by atoms with E-state index in [0.29, 0.717) is 6.54 Å². The molecule has 1 heterocycles. The summed E-state index contributed by atoms with van der Waals surface area (Å²) in [5, 5.41) is 3.24. The van der Waals surface area contributed by atoms with Gasteiger partial charge in [0.2, 0.25) is 0 Å². The van der Waals surface area contributed by atoms with E-state index in [1.54, 1.807) is 0 Å². The summed E-state index contributed by atoms with van der Waals surface area (Å²) >= 11 is 0. The quantitative estimate of drug-likeness (QED) is 0.751. The van der Waals surface area contributed by atoms with E-state index in [1.807, 2.05) is 0 Å². The standard InChI is InChI=1S/C11H14N3/c12-6-5-9-1-3-10(4-2-9)11-13-7-8-14-11/h1-4,12H,5-8H2,(H,13,14). The molecule has 1 aromatic rings. The van der Waals surface area contributed by atoms with Crippen molar-refractivity contribution in [1.29, 1.82) is 0 Å². The van der Waals surface area contributed by atoms with Gasteiger partial charge in [-0.3, -0.25) is 10.7 Å². The Morgan fingerprint density at radius 1 is 1.29 bits per heavy atom. The highest BCUT2D eigenvalue weighted by molar-refractivity contribution is 5.99. The first-order valence-corrected chi connectivity index (χ1v) is 4.92. The molecule has 73 valence electrons. The van der Waals surface area contributed by atoms with Crippen molar-refractivity contribution >= 4 is 5.84 Å². The van der Waals surface area contributed by atoms with E-state index in [9.17, 15) is 0 Å². The van der Waals surface area contributed by atoms with Gasteiger partial charge in [0, 0.05) is 18.7 Å². The third-order valence-electron chi connectivity index (χ3n) is 2.32. The van der Waals surface area contributed by atoms with Crippen molar-refractivity contribution in [2.75, 3.05) is 19.6 Å². The Hall–Kier alpha value is -1.35. The summed E-state index contributed by atoms with van der Waals surface area (Å²) in [6.45, 7) is 2.28. The molecule has 0 bridgehead atoms. The van der Waals surface area contributed by atoms with Crippen LogP contribution in [0.4, 0.5) is 0 Å². The summed E-state index contributed by atoms with van der Waals surface area (Å²) in [5.74, 6) is 1.00. The fourth-order valence-corrected chi connectivity index (χ4v) is 1.56. The van der Waals surface area contributed by atoms with Gasteiger partial charge in [-0.05, 0) is 12.0 Å². The van der Waals surface area contributed by atoms with E-state index in [1.165, 1.54) is 5.56 Å². The van der Waals surface area contributed by atoms with Crippen LogP contribution in [0.5, 0.6) is 0 Å². The lowest BCUT2D eigenvalue weighted by molar-refractivity contribution is 0.941. The normalized spacial score (nSPS) is 15.1. The van der Waals surface area contributed by atoms with E-state index in [-0.39, 0.29) is 0 Å². The average Bonchev–Trinajstić information content (AvgIpc) is 2.72. The molecular formula is C11H14N3. The van der Waals surface area contributed by atoms with Crippen LogP contribution in [-0.4, -0.2) is 25.5 Å². The van der Waals surface area contributed by atoms with Crippen LogP contribution in [0, 0.1) is 0 Å². The Labute approximate surface area is 84.0 Å². The van der Waals surface area contributed by atoms with Crippen molar-refractivity contribution in [3.05, 3.63) is 35.4 Å². The molecule has 1 aliphatic rings. The van der Waals surface area contributed by atoms with Crippen LogP contribution in [0.2, 0.25) is 0 Å². The first-order valence-electron chi connectivity index (χ1n) is 4.92. The van der Waals surface area contributed by atoms with Gasteiger partial charge in [-0.2, -0.15) is 0 Å². The van der Waals surface area contributed by atoms with Gasteiger partial charge in [-0.1, -0.05) is 24.3 Å². The second-order valence-electron chi connectivity index (χ2n) is 3.35. The van der Waals surface area contributed by atoms with E-state index in [2.05, 4.69) is 34.6 Å². The number of nitrogens with zero attached hydrogens (tertiary/aromatic N) is 1. The summed E-state index contributed by atoms with van der Waals surface area (Å²) in [6.07, 6.45) is 0.834. The summed E-state index contributed by atoms with van der Waals surface area (Å²) < 4.78 is 0. The second kappa shape index (κ2) is 4.24. The molecule has 1 radical (unpaired) electrons. The number of amidine groups is 1. The maximum absolute atomic E-state index is 7.12. The van der Waals surface area contributed by atoms with Crippen LogP contribution in [0.3, 0.4) is 0 Å². The lowest BCUT2D eigenvalue weighted by Crippen LogP contribution is -2.19. The summed E-state index contributed by atoms with van der Waals surface area (Å²) in [4.78, 5) is 4.35. The number of hydrogen-bond acceptors (Lipinski definition) is 2. The number of benzene rings is 1. The molecule has 0 fully saturated rings. The Morgan fingerprint density at radius 3 is 2.64 bits per heavy atom. The van der Waals surface area contributed by atoms with Gasteiger partial charge >= 0.3 is 0 Å². The molecule has 0 unspecified atom stereocenters. The SMILES string of the molecule is [NH]CCc1ccc(C2=NCCN2)cc1. The third-order valence-corrected chi connectivity index (χ3v) is 2.32. The smallest absolute Gasteiger partial charge is 0.128 e. The molecule has 0 aromatic heterocycles. The Bertz CT molecular complexity index is 327. The van der Waals surface area contributed by atoms with Gasteiger partial charge in [0.25, 0.3) is 0 Å². The van der Waals surface area contributed by atoms with Crippen molar-refractivity contribution in [3.8, 4) is 0 Å². The molecule has 1 aromatic carbocycles. The topological polar surface area (TPSA) is 48.2 Å². The predicted molar refractivity (Wildman–Crippen MR) is 57.5 cm³/mol. The highest BCUT2D eigenvalue weighted by Crippen LogP contribution is 2.06. The van der Waals surface area contributed by atoms with Crippen LogP contribution >= 0.6 is 0 Å². The zero-order valence-electron chi connectivity index (χ0n) is 8.09. The van der Waals surface area contributed by atoms with Crippen LogP contribution in [-0.2, 0) is 6.42 Å². The molecule has 0 amide bonds. The van der Waals surface area contributed by atoms with Crippen LogP contribution in [0.15, 0.2) is 29.3 Å². The van der Waals surface area contributed by atoms with Crippen LogP contribution in [0.25, 0.3) is 0 Å². The van der Waals surface area contributed by atoms with Crippen LogP contribution in [0.1, 0.15) is 11.1 Å². The van der Waals surface area contributed by atoms with E-state index < -0.39 is 0 Å². The van der Waals surface area contributed by atoms with Gasteiger partial charge in [-0.15, -0.1) is 0 Å². The van der Waals surface area contributed by atoms with E-state index >= 15 is 0 Å². The zero-order chi connectivity index (χ0) is 9.80. The minimum absolute atomic E-state index is 0.457. The minimum atomic E-state index is 0.457. The lowest BCUT2D eigenvalue weighted by atomic mass is 10.1. The van der Waals surface area contributed by atoms with Gasteiger partial charge in [0.05, 0.1) is 6.54 Å². The molecular weight excluding hydrogens is 174 g/mol. The second-order valence-corrected chi connectivity index (χ2v) is 3.35. The molecule has 3 nitrogen and oxygen atoms in total. The van der Waals surface area contributed by atoms with E-state index in [0.717, 1.165) is 30.9 Å². The molecule has 2 rings (SSSR count). The molecule has 14 heavy (non-hydrogen) atoms. The van der Waals surface area contributed by atoms with Crippen molar-refractivity contribution in [2.24, 2.45) is 4.99 Å². The van der Waals surface area contributed by atoms with Crippen molar-refractivity contribution in [1.82, 2.24) is 11.1 Å². The maximum atomic E-state index is 7.12. The summed E-state index contributed by atoms with van der Waals surface area (Å²) in [5.41, 5.74) is 9.50. The average molecular weight is 188 g/mol. The maximum Gasteiger partial charge on any atom is 0.128 e. The first-order chi connectivity index (χ1) is 6.90. The first kappa shape index (κ1) is 9.21. The van der Waals surface area contributed by atoms with Gasteiger partial charge in [-0.25, -0.2) is 0 Å². The molecule has 3 heteroatoms. The third kappa shape index (κ3) is 1.93. The number of aliphatic imine (C=N–C) groups is 1. The van der Waals surface area contributed by atoms with Crippen molar-refractivity contribution < 1.29 is 0 Å². The van der Waals surface area contributed by atoms with Gasteiger partial charge in [0.15, 0.2) is 0 Å². The zero-order valence-corrected chi connectivity index (χ0v) is 8.09. The minimum Gasteiger partial charge on any atom is -0.368 e. The molecule has 0 aliphatic carbocycles. The Kier molecular flexibility index (Phi) is 2.79. The monoisotopic (exact) mass is 188 g/mol. The van der Waals surface area contributed by atoms with Crippen LogP contribution < -0.4 is 11.1 Å². The molecule has 2 N–H and O–H groups in total.